The van der Waals surface area contributed by atoms with E-state index in [0.717, 1.165) is 64.2 Å². The zero-order chi connectivity index (χ0) is 40.3. The van der Waals surface area contributed by atoms with Gasteiger partial charge < -0.3 is 34.3 Å². The number of esters is 3. The van der Waals surface area contributed by atoms with Crippen LogP contribution in [0.3, 0.4) is 0 Å². The standard InChI is InChI=1S/C16H30O4.C10H20O3.C6H11ClO.C4H8O3.CH3F.Na/c1-4-6-8-10-12-19-16(18)13-14(3)20-15(17)11-9-7-5-2;1-3-4-5-6-7-13-10(12)8-9(2)11;1-2-3-4-5-6(7)8;1-3(5)2-4(6)7;1-2;/h14H,4-13H2,1-3H3;9,11H,3-8H2,1-2H3;2-5H2,1H3;3,5H,2H2,1H3,(H,6,7);1H3;/q;;;;;+1/p-1/t14-;9-;;3-;;/m11.1../s1/i;;;;1D;. The van der Waals surface area contributed by atoms with Gasteiger partial charge in [0, 0.05) is 25.2 Å². The summed E-state index contributed by atoms with van der Waals surface area (Å²) in [5.41, 5.74) is 0. The van der Waals surface area contributed by atoms with Gasteiger partial charge in [0.15, 0.2) is 0 Å². The van der Waals surface area contributed by atoms with Crippen LogP contribution in [0.25, 0.3) is 0 Å². The molecule has 0 heterocycles. The van der Waals surface area contributed by atoms with Crippen molar-refractivity contribution in [3.05, 3.63) is 0 Å². The molecule has 0 saturated carbocycles. The van der Waals surface area contributed by atoms with Crippen LogP contribution in [0.15, 0.2) is 0 Å². The summed E-state index contributed by atoms with van der Waals surface area (Å²) in [5, 5.41) is 26.5. The Hall–Kier alpha value is -1.31. The summed E-state index contributed by atoms with van der Waals surface area (Å²) in [6, 6.07) is 0. The number of alkyl halides is 1. The first-order valence-electron chi connectivity index (χ1n) is 18.9. The topological polar surface area (TPSA) is 177 Å². The van der Waals surface area contributed by atoms with E-state index < -0.39 is 31.4 Å². The Labute approximate surface area is 337 Å². The maximum atomic E-state index is 11.5. The van der Waals surface area contributed by atoms with Crippen molar-refractivity contribution in [3.8, 4) is 0 Å². The van der Waals surface area contributed by atoms with Crippen LogP contribution < -0.4 is 34.7 Å². The number of rotatable bonds is 25. The van der Waals surface area contributed by atoms with Gasteiger partial charge in [-0.2, -0.15) is 0 Å². The Bertz CT molecular complexity index is 810. The van der Waals surface area contributed by atoms with E-state index in [1.807, 2.05) is 0 Å². The van der Waals surface area contributed by atoms with Gasteiger partial charge >= 0.3 is 47.5 Å². The molecule has 0 aliphatic carbocycles. The number of hydrogen-bond donors (Lipinski definition) is 2. The summed E-state index contributed by atoms with van der Waals surface area (Å²) < 4.78 is 30.7. The summed E-state index contributed by atoms with van der Waals surface area (Å²) in [6.07, 6.45) is 14.1. The van der Waals surface area contributed by atoms with Crippen LogP contribution in [0.4, 0.5) is 4.39 Å². The molecule has 11 nitrogen and oxygen atoms in total. The maximum absolute atomic E-state index is 11.5. The number of aliphatic carboxylic acids is 1. The third kappa shape index (κ3) is 70.9. The number of unbranched alkanes of at least 4 members (excludes halogenated alkanes) is 10. The summed E-state index contributed by atoms with van der Waals surface area (Å²) in [5.74, 6) is -2.02. The summed E-state index contributed by atoms with van der Waals surface area (Å²) >= 11 is 5.07. The van der Waals surface area contributed by atoms with E-state index in [1.54, 1.807) is 13.8 Å². The second-order valence-corrected chi connectivity index (χ2v) is 12.2. The molecule has 0 rings (SSSR count). The van der Waals surface area contributed by atoms with E-state index in [1.165, 1.54) is 32.6 Å². The fourth-order valence-corrected chi connectivity index (χ4v) is 3.76. The van der Waals surface area contributed by atoms with E-state index in [0.29, 0.717) is 26.1 Å². The number of carboxylic acid groups (broad SMARTS) is 1. The Morgan fingerprint density at radius 3 is 1.35 bits per heavy atom. The second-order valence-electron chi connectivity index (χ2n) is 11.8. The van der Waals surface area contributed by atoms with Gasteiger partial charge in [0.25, 0.3) is 0 Å². The SMILES string of the molecule is CCCCCC(=O)Cl.CCCCCCOC(=O)C[C@@H](C)O.CCCCCCOC(=O)C[C@@H](C)OC(=O)CCCCC.C[C@@H](O)CC(=O)[O-].[2H]CF.[Na+]. The predicted molar refractivity (Wildman–Crippen MR) is 194 cm³/mol. The van der Waals surface area contributed by atoms with Crippen molar-refractivity contribution in [1.29, 1.82) is 0 Å². The van der Waals surface area contributed by atoms with Crippen molar-refractivity contribution in [2.45, 2.75) is 189 Å². The molecule has 51 heavy (non-hydrogen) atoms. The van der Waals surface area contributed by atoms with Crippen molar-refractivity contribution in [2.24, 2.45) is 0 Å². The van der Waals surface area contributed by atoms with E-state index in [2.05, 4.69) is 27.7 Å². The Balaban J connectivity index is -0.000000142. The third-order valence-electron chi connectivity index (χ3n) is 6.19. The first-order valence-corrected chi connectivity index (χ1v) is 18.6. The van der Waals surface area contributed by atoms with Gasteiger partial charge in [-0.25, -0.2) is 0 Å². The molecule has 0 amide bonds. The molecule has 0 bridgehead atoms. The molecule has 300 valence electrons. The number of carbonyl (C=O) groups excluding carboxylic acids is 5. The van der Waals surface area contributed by atoms with Gasteiger partial charge in [0.1, 0.15) is 6.10 Å². The smallest absolute Gasteiger partial charge is 0.550 e. The van der Waals surface area contributed by atoms with Crippen LogP contribution in [-0.4, -0.2) is 78.0 Å². The van der Waals surface area contributed by atoms with E-state index >= 15 is 0 Å². The Morgan fingerprint density at radius 2 is 1.02 bits per heavy atom. The maximum Gasteiger partial charge on any atom is 1.00 e. The van der Waals surface area contributed by atoms with Crippen molar-refractivity contribution in [2.75, 3.05) is 20.4 Å². The number of aliphatic hydroxyl groups is 2. The molecule has 0 aromatic rings. The molecule has 0 saturated heterocycles. The van der Waals surface area contributed by atoms with Crippen molar-refractivity contribution in [3.63, 3.8) is 0 Å². The molecule has 0 aromatic carbocycles. The molecular weight excluding hydrogens is 698 g/mol. The van der Waals surface area contributed by atoms with E-state index in [9.17, 15) is 33.5 Å². The van der Waals surface area contributed by atoms with E-state index in [-0.39, 0.29) is 72.0 Å². The van der Waals surface area contributed by atoms with E-state index in [4.69, 9.17) is 37.4 Å². The van der Waals surface area contributed by atoms with Crippen LogP contribution in [-0.2, 0) is 38.2 Å². The molecule has 0 fully saturated rings. The quantitative estimate of drug-likeness (QED) is 0.0445. The summed E-state index contributed by atoms with van der Waals surface area (Å²) in [7, 11) is -1.00. The van der Waals surface area contributed by atoms with Gasteiger partial charge in [0.05, 0.1) is 46.8 Å². The second kappa shape index (κ2) is 50.8. The van der Waals surface area contributed by atoms with Crippen LogP contribution in [0, 0.1) is 0 Å². The normalized spacial score (nSPS) is 11.5. The molecule has 0 aliphatic heterocycles. The molecule has 2 N–H and O–H groups in total. The van der Waals surface area contributed by atoms with Gasteiger partial charge in [0.2, 0.25) is 5.24 Å². The molecule has 0 radical (unpaired) electrons. The van der Waals surface area contributed by atoms with Crippen LogP contribution in [0.1, 0.15) is 172 Å². The Kier molecular flexibility index (Phi) is 58.7. The number of carboxylic acids is 1. The van der Waals surface area contributed by atoms with Crippen LogP contribution in [0.2, 0.25) is 0 Å². The zero-order valence-electron chi connectivity index (χ0n) is 34.1. The van der Waals surface area contributed by atoms with Gasteiger partial charge in [-0.1, -0.05) is 91.9 Å². The number of carbonyl (C=O) groups is 5. The summed E-state index contributed by atoms with van der Waals surface area (Å²) in [4.78, 5) is 53.5. The average molecular weight is 770 g/mol. The van der Waals surface area contributed by atoms with Gasteiger partial charge in [-0.05, 0) is 58.1 Å². The molecule has 0 spiro atoms. The zero-order valence-corrected chi connectivity index (χ0v) is 35.9. The fourth-order valence-electron chi connectivity index (χ4n) is 3.62. The molecule has 3 atom stereocenters. The first-order chi connectivity index (χ1) is 24.1. The van der Waals surface area contributed by atoms with Crippen LogP contribution in [0.5, 0.6) is 0 Å². The van der Waals surface area contributed by atoms with Gasteiger partial charge in [-0.3, -0.25) is 23.6 Å². The molecule has 0 unspecified atom stereocenters. The predicted octanol–water partition coefficient (Wildman–Crippen LogP) is 4.32. The van der Waals surface area contributed by atoms with Crippen LogP contribution >= 0.6 is 11.6 Å². The van der Waals surface area contributed by atoms with Crippen molar-refractivity contribution in [1.82, 2.24) is 0 Å². The minimum absolute atomic E-state index is 0. The minimum atomic E-state index is -1.21. The number of ether oxygens (including phenoxy) is 3. The number of aliphatic hydroxyl groups excluding tert-OH is 2. The van der Waals surface area contributed by atoms with Crippen molar-refractivity contribution < 1.29 is 88.8 Å². The van der Waals surface area contributed by atoms with Gasteiger partial charge in [-0.15, -0.1) is 0 Å². The molecular formula is C37H71ClFNaO11. The molecule has 14 heteroatoms. The number of hydrogen-bond acceptors (Lipinski definition) is 11. The number of halogens is 2. The minimum Gasteiger partial charge on any atom is -0.550 e. The fraction of sp³-hybridized carbons (Fsp3) is 0.865. The molecule has 0 aliphatic rings. The average Bonchev–Trinajstić information content (AvgIpc) is 3.01. The van der Waals surface area contributed by atoms with Crippen molar-refractivity contribution >= 4 is 40.7 Å². The third-order valence-corrected chi connectivity index (χ3v) is 6.38. The largest absolute Gasteiger partial charge is 1.00 e. The monoisotopic (exact) mass is 769 g/mol. The first kappa shape index (κ1) is 59.0. The molecule has 0 aromatic heterocycles. The Morgan fingerprint density at radius 1 is 0.647 bits per heavy atom. The summed E-state index contributed by atoms with van der Waals surface area (Å²) in [6.45, 7) is 14.1.